The summed E-state index contributed by atoms with van der Waals surface area (Å²) in [7, 11) is 0. The van der Waals surface area contributed by atoms with Crippen molar-refractivity contribution in [3.05, 3.63) is 48.0 Å². The van der Waals surface area contributed by atoms with Crippen molar-refractivity contribution in [3.63, 3.8) is 0 Å². The van der Waals surface area contributed by atoms with Crippen molar-refractivity contribution < 1.29 is 0 Å². The summed E-state index contributed by atoms with van der Waals surface area (Å²) in [6.45, 7) is 6.16. The number of nitrogens with zero attached hydrogens (tertiary/aromatic N) is 2. The van der Waals surface area contributed by atoms with Crippen LogP contribution in [0, 0.1) is 0 Å². The fourth-order valence-electron chi connectivity index (χ4n) is 3.08. The number of fused-ring (bicyclic) bond motifs is 3. The molecule has 25 heavy (non-hydrogen) atoms. The molecule has 1 aromatic heterocycles. The minimum absolute atomic E-state index is 0.563. The van der Waals surface area contributed by atoms with Crippen LogP contribution in [0.25, 0.3) is 21.8 Å². The molecule has 0 fully saturated rings. The Kier molecular flexibility index (Phi) is 5.66. The molecule has 0 aliphatic heterocycles. The summed E-state index contributed by atoms with van der Waals surface area (Å²) in [5.74, 6) is 0. The largest absolute Gasteiger partial charge is 0.361 e. The minimum atomic E-state index is 0.563. The number of hydrogen-bond acceptors (Lipinski definition) is 2. The number of rotatable bonds is 6. The standard InChI is InChI=1S/C20H24N4S/c1-3-5-12-21-20(25)23-22-14-15-10-11-19-17(13-15)16-8-6-7-9-18(16)24(19)4-2/h6-11,13-14H,3-5,12H2,1-2H3,(H2,21,23,25)/b22-14-. The van der Waals surface area contributed by atoms with Gasteiger partial charge in [0.1, 0.15) is 0 Å². The third-order valence-electron chi connectivity index (χ3n) is 4.31. The Bertz CT molecular complexity index is 911. The zero-order valence-electron chi connectivity index (χ0n) is 14.7. The Hall–Kier alpha value is -2.40. The summed E-state index contributed by atoms with van der Waals surface area (Å²) in [4.78, 5) is 0. The number of aryl methyl sites for hydroxylation is 1. The number of hydrogen-bond donors (Lipinski definition) is 2. The van der Waals surface area contributed by atoms with E-state index >= 15 is 0 Å². The summed E-state index contributed by atoms with van der Waals surface area (Å²) < 4.78 is 2.34. The van der Waals surface area contributed by atoms with Crippen LogP contribution in [0.15, 0.2) is 47.6 Å². The van der Waals surface area contributed by atoms with Gasteiger partial charge >= 0.3 is 0 Å². The fraction of sp³-hybridized carbons (Fsp3) is 0.300. The van der Waals surface area contributed by atoms with Crippen LogP contribution in [-0.2, 0) is 6.54 Å². The van der Waals surface area contributed by atoms with Crippen molar-refractivity contribution in [2.24, 2.45) is 5.10 Å². The summed E-state index contributed by atoms with van der Waals surface area (Å²) in [5.41, 5.74) is 6.45. The first-order chi connectivity index (χ1) is 12.2. The molecule has 0 saturated carbocycles. The summed E-state index contributed by atoms with van der Waals surface area (Å²) in [6.07, 6.45) is 4.05. The number of thiocarbonyl (C=S) groups is 1. The summed E-state index contributed by atoms with van der Waals surface area (Å²) in [6, 6.07) is 15.0. The average molecular weight is 353 g/mol. The van der Waals surface area contributed by atoms with Crippen molar-refractivity contribution in [1.29, 1.82) is 0 Å². The molecule has 3 rings (SSSR count). The Morgan fingerprint density at radius 2 is 1.92 bits per heavy atom. The molecule has 0 atom stereocenters. The van der Waals surface area contributed by atoms with E-state index in [0.29, 0.717) is 5.11 Å². The molecule has 0 aliphatic carbocycles. The van der Waals surface area contributed by atoms with Gasteiger partial charge < -0.3 is 9.88 Å². The normalized spacial score (nSPS) is 11.4. The molecule has 0 radical (unpaired) electrons. The van der Waals surface area contributed by atoms with Gasteiger partial charge in [-0.1, -0.05) is 37.6 Å². The van der Waals surface area contributed by atoms with Crippen LogP contribution >= 0.6 is 12.2 Å². The molecule has 4 nitrogen and oxygen atoms in total. The number of nitrogens with one attached hydrogen (secondary N) is 2. The van der Waals surface area contributed by atoms with E-state index < -0.39 is 0 Å². The zero-order chi connectivity index (χ0) is 17.6. The summed E-state index contributed by atoms with van der Waals surface area (Å²) >= 11 is 5.20. The highest BCUT2D eigenvalue weighted by Gasteiger charge is 2.08. The lowest BCUT2D eigenvalue weighted by Crippen LogP contribution is -2.32. The smallest absolute Gasteiger partial charge is 0.186 e. The second-order valence-corrected chi connectivity index (χ2v) is 6.43. The molecule has 0 saturated heterocycles. The molecular formula is C20H24N4S. The van der Waals surface area contributed by atoms with Crippen LogP contribution in [0.4, 0.5) is 0 Å². The molecule has 0 amide bonds. The second-order valence-electron chi connectivity index (χ2n) is 6.02. The van der Waals surface area contributed by atoms with Gasteiger partial charge in [-0.3, -0.25) is 5.43 Å². The Morgan fingerprint density at radius 3 is 2.72 bits per heavy atom. The first-order valence-corrected chi connectivity index (χ1v) is 9.23. The lowest BCUT2D eigenvalue weighted by Gasteiger charge is -2.05. The van der Waals surface area contributed by atoms with Gasteiger partial charge in [0.05, 0.1) is 6.21 Å². The number of benzene rings is 2. The van der Waals surface area contributed by atoms with E-state index in [1.165, 1.54) is 21.8 Å². The van der Waals surface area contributed by atoms with Gasteiger partial charge in [0.2, 0.25) is 0 Å². The minimum Gasteiger partial charge on any atom is -0.361 e. The van der Waals surface area contributed by atoms with Crippen LogP contribution in [-0.4, -0.2) is 22.4 Å². The number of para-hydroxylation sites is 1. The highest BCUT2D eigenvalue weighted by Crippen LogP contribution is 2.29. The van der Waals surface area contributed by atoms with E-state index in [1.54, 1.807) is 0 Å². The number of unbranched alkanes of at least 4 members (excludes halogenated alkanes) is 1. The SMILES string of the molecule is CCCCNC(=S)N/N=C\c1ccc2c(c1)c1ccccc1n2CC. The summed E-state index contributed by atoms with van der Waals surface area (Å²) in [5, 5.41) is 10.5. The van der Waals surface area contributed by atoms with Gasteiger partial charge in [-0.15, -0.1) is 0 Å². The van der Waals surface area contributed by atoms with Crippen molar-refractivity contribution >= 4 is 45.4 Å². The Labute approximate surface area is 153 Å². The van der Waals surface area contributed by atoms with Crippen molar-refractivity contribution in [3.8, 4) is 0 Å². The molecule has 0 aliphatic rings. The van der Waals surface area contributed by atoms with E-state index in [-0.39, 0.29) is 0 Å². The van der Waals surface area contributed by atoms with Gasteiger partial charge in [-0.25, -0.2) is 0 Å². The molecule has 5 heteroatoms. The highest BCUT2D eigenvalue weighted by atomic mass is 32.1. The Balaban J connectivity index is 1.81. The fourth-order valence-corrected chi connectivity index (χ4v) is 3.23. The van der Waals surface area contributed by atoms with Crippen LogP contribution in [0.2, 0.25) is 0 Å². The van der Waals surface area contributed by atoms with Gasteiger partial charge in [-0.2, -0.15) is 5.10 Å². The highest BCUT2D eigenvalue weighted by molar-refractivity contribution is 7.80. The predicted octanol–water partition coefficient (Wildman–Crippen LogP) is 4.41. The van der Waals surface area contributed by atoms with Crippen molar-refractivity contribution in [2.75, 3.05) is 6.54 Å². The molecule has 3 aromatic rings. The van der Waals surface area contributed by atoms with Crippen LogP contribution in [0.3, 0.4) is 0 Å². The first-order valence-electron chi connectivity index (χ1n) is 8.82. The molecule has 1 heterocycles. The molecule has 130 valence electrons. The Morgan fingerprint density at radius 1 is 1.12 bits per heavy atom. The second kappa shape index (κ2) is 8.12. The lowest BCUT2D eigenvalue weighted by atomic mass is 10.1. The molecule has 2 aromatic carbocycles. The molecule has 0 unspecified atom stereocenters. The van der Waals surface area contributed by atoms with E-state index in [0.717, 1.165) is 31.5 Å². The maximum absolute atomic E-state index is 5.20. The van der Waals surface area contributed by atoms with Crippen molar-refractivity contribution in [1.82, 2.24) is 15.3 Å². The maximum Gasteiger partial charge on any atom is 0.186 e. The molecule has 0 spiro atoms. The number of hydrazone groups is 1. The molecule has 2 N–H and O–H groups in total. The monoisotopic (exact) mass is 352 g/mol. The van der Waals surface area contributed by atoms with E-state index in [4.69, 9.17) is 12.2 Å². The van der Waals surface area contributed by atoms with Gasteiger partial charge in [0.15, 0.2) is 5.11 Å². The van der Waals surface area contributed by atoms with Crippen molar-refractivity contribution in [2.45, 2.75) is 33.2 Å². The van der Waals surface area contributed by atoms with Gasteiger partial charge in [0.25, 0.3) is 0 Å². The van der Waals surface area contributed by atoms with Crippen LogP contribution < -0.4 is 10.7 Å². The van der Waals surface area contributed by atoms with E-state index in [1.807, 2.05) is 6.21 Å². The lowest BCUT2D eigenvalue weighted by molar-refractivity contribution is 0.745. The van der Waals surface area contributed by atoms with Crippen LogP contribution in [0.1, 0.15) is 32.3 Å². The van der Waals surface area contributed by atoms with Crippen LogP contribution in [0.5, 0.6) is 0 Å². The quantitative estimate of drug-likeness (QED) is 0.299. The average Bonchev–Trinajstić information content (AvgIpc) is 2.95. The third kappa shape index (κ3) is 3.82. The van der Waals surface area contributed by atoms with Gasteiger partial charge in [-0.05, 0) is 49.3 Å². The first kappa shape index (κ1) is 17.4. The van der Waals surface area contributed by atoms with Gasteiger partial charge in [0, 0.05) is 34.9 Å². The zero-order valence-corrected chi connectivity index (χ0v) is 15.6. The number of aromatic nitrogens is 1. The topological polar surface area (TPSA) is 41.4 Å². The predicted molar refractivity (Wildman–Crippen MR) is 111 cm³/mol. The molecule has 0 bridgehead atoms. The van der Waals surface area contributed by atoms with E-state index in [9.17, 15) is 0 Å². The van der Waals surface area contributed by atoms with E-state index in [2.05, 4.69) is 76.7 Å². The maximum atomic E-state index is 5.20. The molecular weight excluding hydrogens is 328 g/mol. The third-order valence-corrected chi connectivity index (χ3v) is 4.54.